The summed E-state index contributed by atoms with van der Waals surface area (Å²) in [5.74, 6) is -0.901. The van der Waals surface area contributed by atoms with Gasteiger partial charge in [0.2, 0.25) is 17.8 Å². The fourth-order valence-corrected chi connectivity index (χ4v) is 4.22. The van der Waals surface area contributed by atoms with Crippen LogP contribution in [0.3, 0.4) is 0 Å². The second-order valence-electron chi connectivity index (χ2n) is 7.87. The molecule has 170 valence electrons. The normalized spacial score (nSPS) is 19.6. The minimum absolute atomic E-state index is 0.00932. The Morgan fingerprint density at radius 2 is 2.03 bits per heavy atom. The number of hydrogen-bond acceptors (Lipinski definition) is 6. The van der Waals surface area contributed by atoms with E-state index in [-0.39, 0.29) is 22.7 Å². The van der Waals surface area contributed by atoms with Crippen LogP contribution < -0.4 is 15.5 Å². The molecule has 2 aliphatic heterocycles. The number of nitrogens with one attached hydrogen (secondary N) is 2. The average molecular weight is 465 g/mol. The summed E-state index contributed by atoms with van der Waals surface area (Å²) in [6, 6.07) is 3.16. The van der Waals surface area contributed by atoms with Crippen molar-refractivity contribution in [2.75, 3.05) is 36.4 Å². The van der Waals surface area contributed by atoms with Crippen LogP contribution in [0.2, 0.25) is 5.02 Å². The molecule has 11 heteroatoms. The number of benzene rings is 1. The number of carbonyl (C=O) groups excluding carboxylic acids is 2. The van der Waals surface area contributed by atoms with E-state index in [1.54, 1.807) is 17.9 Å². The van der Waals surface area contributed by atoms with Crippen molar-refractivity contribution < 1.29 is 18.4 Å². The molecule has 2 aromatic rings. The second-order valence-corrected chi connectivity index (χ2v) is 8.28. The highest BCUT2D eigenvalue weighted by atomic mass is 35.5. The second kappa shape index (κ2) is 9.23. The highest BCUT2D eigenvalue weighted by Gasteiger charge is 2.32. The van der Waals surface area contributed by atoms with Crippen molar-refractivity contribution in [2.45, 2.75) is 31.8 Å². The third kappa shape index (κ3) is 4.74. The van der Waals surface area contributed by atoms with Gasteiger partial charge in [0.25, 0.3) is 0 Å². The van der Waals surface area contributed by atoms with E-state index >= 15 is 0 Å². The zero-order valence-electron chi connectivity index (χ0n) is 17.4. The predicted octanol–water partition coefficient (Wildman–Crippen LogP) is 2.51. The maximum Gasteiger partial charge on any atom is 0.245 e. The minimum atomic E-state index is -0.621. The maximum absolute atomic E-state index is 14.4. The number of halogens is 3. The van der Waals surface area contributed by atoms with Crippen molar-refractivity contribution in [1.29, 1.82) is 0 Å². The number of carbonyl (C=O) groups is 2. The Kier molecular flexibility index (Phi) is 6.40. The highest BCUT2D eigenvalue weighted by molar-refractivity contribution is 6.31. The summed E-state index contributed by atoms with van der Waals surface area (Å²) in [6.45, 7) is 3.65. The lowest BCUT2D eigenvalue weighted by Gasteiger charge is -2.36. The number of piperazine rings is 1. The standard InChI is InChI=1S/C21H23ClF2N6O2/c1-12(14-3-2-13(23)10-15(14)22)26-19-16(24)11-25-21(28-19)30-8-6-29(7-9-30)20(32)17-4-5-18(31)27-17/h2-3,10-12,17H,4-9H2,1H3,(H,27,31)(H,25,26,28)/t12-,17-/m1/s1. The Morgan fingerprint density at radius 3 is 2.69 bits per heavy atom. The Labute approximate surface area is 189 Å². The summed E-state index contributed by atoms with van der Waals surface area (Å²) in [5, 5.41) is 5.90. The molecule has 8 nitrogen and oxygen atoms in total. The Hall–Kier alpha value is -3.01. The fourth-order valence-electron chi connectivity index (χ4n) is 3.89. The lowest BCUT2D eigenvalue weighted by atomic mass is 10.1. The summed E-state index contributed by atoms with van der Waals surface area (Å²) in [7, 11) is 0. The largest absolute Gasteiger partial charge is 0.361 e. The van der Waals surface area contributed by atoms with Gasteiger partial charge in [-0.25, -0.2) is 13.8 Å². The molecular formula is C21H23ClF2N6O2. The van der Waals surface area contributed by atoms with E-state index < -0.39 is 23.7 Å². The summed E-state index contributed by atoms with van der Waals surface area (Å²) < 4.78 is 27.7. The molecule has 0 radical (unpaired) electrons. The molecule has 2 N–H and O–H groups in total. The van der Waals surface area contributed by atoms with E-state index in [0.717, 1.165) is 6.20 Å². The van der Waals surface area contributed by atoms with Gasteiger partial charge >= 0.3 is 0 Å². The highest BCUT2D eigenvalue weighted by Crippen LogP contribution is 2.27. The van der Waals surface area contributed by atoms with Gasteiger partial charge in [-0.1, -0.05) is 17.7 Å². The molecule has 2 fully saturated rings. The van der Waals surface area contributed by atoms with Gasteiger partial charge in [-0.2, -0.15) is 4.98 Å². The van der Waals surface area contributed by atoms with E-state index in [0.29, 0.717) is 50.5 Å². The molecule has 2 saturated heterocycles. The molecular weight excluding hydrogens is 442 g/mol. The molecule has 1 aromatic carbocycles. The first-order chi connectivity index (χ1) is 15.3. The van der Waals surface area contributed by atoms with Crippen molar-refractivity contribution in [3.63, 3.8) is 0 Å². The van der Waals surface area contributed by atoms with Crippen LogP contribution in [-0.4, -0.2) is 58.9 Å². The Morgan fingerprint density at radius 1 is 1.28 bits per heavy atom. The summed E-state index contributed by atoms with van der Waals surface area (Å²) >= 11 is 6.11. The van der Waals surface area contributed by atoms with Crippen molar-refractivity contribution in [2.24, 2.45) is 0 Å². The Bertz CT molecular complexity index is 1030. The zero-order chi connectivity index (χ0) is 22.8. The fraction of sp³-hybridized carbons (Fsp3) is 0.429. The average Bonchev–Trinajstić information content (AvgIpc) is 3.21. The summed E-state index contributed by atoms with van der Waals surface area (Å²) in [5.41, 5.74) is 0.610. The van der Waals surface area contributed by atoms with Gasteiger partial charge in [-0.3, -0.25) is 9.59 Å². The molecule has 2 amide bonds. The molecule has 0 bridgehead atoms. The maximum atomic E-state index is 14.4. The third-order valence-electron chi connectivity index (χ3n) is 5.68. The van der Waals surface area contributed by atoms with E-state index in [1.165, 1.54) is 12.1 Å². The van der Waals surface area contributed by atoms with Crippen molar-refractivity contribution >= 4 is 35.2 Å². The summed E-state index contributed by atoms with van der Waals surface area (Å²) in [4.78, 5) is 35.9. The van der Waals surface area contributed by atoms with Gasteiger partial charge < -0.3 is 20.4 Å². The van der Waals surface area contributed by atoms with Crippen LogP contribution in [0.4, 0.5) is 20.5 Å². The predicted molar refractivity (Wildman–Crippen MR) is 115 cm³/mol. The van der Waals surface area contributed by atoms with Gasteiger partial charge in [-0.15, -0.1) is 0 Å². The number of nitrogens with zero attached hydrogens (tertiary/aromatic N) is 4. The van der Waals surface area contributed by atoms with Crippen LogP contribution in [-0.2, 0) is 9.59 Å². The van der Waals surface area contributed by atoms with Gasteiger partial charge in [-0.05, 0) is 31.0 Å². The van der Waals surface area contributed by atoms with Crippen LogP contribution >= 0.6 is 11.6 Å². The van der Waals surface area contributed by atoms with Crippen LogP contribution in [0.15, 0.2) is 24.4 Å². The number of rotatable bonds is 5. The lowest BCUT2D eigenvalue weighted by molar-refractivity contribution is -0.134. The van der Waals surface area contributed by atoms with E-state index in [1.807, 2.05) is 4.90 Å². The zero-order valence-corrected chi connectivity index (χ0v) is 18.2. The molecule has 1 aromatic heterocycles. The monoisotopic (exact) mass is 464 g/mol. The van der Waals surface area contributed by atoms with Gasteiger partial charge in [0.1, 0.15) is 11.9 Å². The van der Waals surface area contributed by atoms with Gasteiger partial charge in [0.15, 0.2) is 11.6 Å². The van der Waals surface area contributed by atoms with E-state index in [2.05, 4.69) is 20.6 Å². The third-order valence-corrected chi connectivity index (χ3v) is 6.01. The van der Waals surface area contributed by atoms with Crippen LogP contribution in [0.1, 0.15) is 31.4 Å². The van der Waals surface area contributed by atoms with Crippen LogP contribution in [0, 0.1) is 11.6 Å². The molecule has 2 aliphatic rings. The lowest BCUT2D eigenvalue weighted by Crippen LogP contribution is -2.53. The molecule has 2 atom stereocenters. The first-order valence-corrected chi connectivity index (χ1v) is 10.8. The summed E-state index contributed by atoms with van der Waals surface area (Å²) in [6.07, 6.45) is 1.98. The molecule has 0 saturated carbocycles. The number of aromatic nitrogens is 2. The molecule has 4 rings (SSSR count). The van der Waals surface area contributed by atoms with Crippen LogP contribution in [0.5, 0.6) is 0 Å². The molecule has 3 heterocycles. The van der Waals surface area contributed by atoms with Crippen molar-refractivity contribution in [3.05, 3.63) is 46.6 Å². The first kappa shape index (κ1) is 22.2. The van der Waals surface area contributed by atoms with Crippen molar-refractivity contribution in [3.8, 4) is 0 Å². The first-order valence-electron chi connectivity index (χ1n) is 10.4. The van der Waals surface area contributed by atoms with Gasteiger partial charge in [0.05, 0.1) is 12.2 Å². The SMILES string of the molecule is C[C@@H](Nc1nc(N2CCN(C(=O)[C@H]3CCC(=O)N3)CC2)ncc1F)c1ccc(F)cc1Cl. The molecule has 0 unspecified atom stereocenters. The van der Waals surface area contributed by atoms with Crippen LogP contribution in [0.25, 0.3) is 0 Å². The van der Waals surface area contributed by atoms with E-state index in [4.69, 9.17) is 11.6 Å². The number of anilines is 2. The van der Waals surface area contributed by atoms with Gasteiger partial charge in [0, 0.05) is 37.6 Å². The Balaban J connectivity index is 1.40. The molecule has 32 heavy (non-hydrogen) atoms. The molecule has 0 spiro atoms. The topological polar surface area (TPSA) is 90.5 Å². The minimum Gasteiger partial charge on any atom is -0.361 e. The number of hydrogen-bond donors (Lipinski definition) is 2. The number of amides is 2. The quantitative estimate of drug-likeness (QED) is 0.706. The molecule has 0 aliphatic carbocycles. The van der Waals surface area contributed by atoms with E-state index in [9.17, 15) is 18.4 Å². The smallest absolute Gasteiger partial charge is 0.245 e. The van der Waals surface area contributed by atoms with Crippen molar-refractivity contribution in [1.82, 2.24) is 20.2 Å².